The lowest BCUT2D eigenvalue weighted by molar-refractivity contribution is 1.43. The summed E-state index contributed by atoms with van der Waals surface area (Å²) in [4.78, 5) is 0. The Hall–Kier alpha value is -1.97. The van der Waals surface area contributed by atoms with E-state index in [0.29, 0.717) is 5.02 Å². The number of rotatable bonds is 2. The molecule has 0 aliphatic heterocycles. The molecule has 3 nitrogen and oxygen atoms in total. The summed E-state index contributed by atoms with van der Waals surface area (Å²) in [5.41, 5.74) is 1.76. The van der Waals surface area contributed by atoms with Crippen molar-refractivity contribution in [1.29, 1.82) is 10.5 Å². The van der Waals surface area contributed by atoms with Gasteiger partial charge in [0.05, 0.1) is 0 Å². The van der Waals surface area contributed by atoms with Gasteiger partial charge in [-0.15, -0.1) is 0 Å². The van der Waals surface area contributed by atoms with Gasteiger partial charge in [0.2, 0.25) is 0 Å². The molecule has 0 aliphatic carbocycles. The van der Waals surface area contributed by atoms with E-state index < -0.39 is 0 Å². The van der Waals surface area contributed by atoms with Gasteiger partial charge in [-0.1, -0.05) is 11.6 Å². The Morgan fingerprint density at radius 3 is 2.60 bits per heavy atom. The van der Waals surface area contributed by atoms with E-state index in [0.717, 1.165) is 11.3 Å². The highest BCUT2D eigenvalue weighted by Crippen LogP contribution is 2.19. The molecule has 0 amide bonds. The Labute approximate surface area is 93.2 Å². The molecule has 74 valence electrons. The smallest absolute Gasteiger partial charge is 0.145 e. The molecular formula is C11H8ClN3. The van der Waals surface area contributed by atoms with E-state index >= 15 is 0 Å². The Kier molecular flexibility index (Phi) is 3.74. The number of halogens is 1. The Balaban J connectivity index is 2.84. The second-order valence-electron chi connectivity index (χ2n) is 2.89. The summed E-state index contributed by atoms with van der Waals surface area (Å²) in [5, 5.41) is 20.5. The monoisotopic (exact) mass is 217 g/mol. The van der Waals surface area contributed by atoms with Crippen LogP contribution in [-0.2, 0) is 0 Å². The highest BCUT2D eigenvalue weighted by atomic mass is 35.5. The highest BCUT2D eigenvalue weighted by molar-refractivity contribution is 6.31. The van der Waals surface area contributed by atoms with Gasteiger partial charge in [0.25, 0.3) is 0 Å². The van der Waals surface area contributed by atoms with E-state index in [4.69, 9.17) is 22.1 Å². The molecule has 4 heteroatoms. The Morgan fingerprint density at radius 2 is 2.07 bits per heavy atom. The first-order valence-electron chi connectivity index (χ1n) is 4.20. The van der Waals surface area contributed by atoms with Crippen LogP contribution in [0, 0.1) is 29.6 Å². The van der Waals surface area contributed by atoms with Crippen LogP contribution in [0.25, 0.3) is 0 Å². The van der Waals surface area contributed by atoms with Crippen LogP contribution in [0.5, 0.6) is 0 Å². The van der Waals surface area contributed by atoms with Crippen LogP contribution in [0.4, 0.5) is 5.69 Å². The maximum Gasteiger partial charge on any atom is 0.145 e. The molecule has 0 saturated carbocycles. The number of nitrogens with zero attached hydrogens (tertiary/aromatic N) is 2. The quantitative estimate of drug-likeness (QED) is 0.775. The number of aryl methyl sites for hydroxylation is 1. The minimum absolute atomic E-state index is 0.0302. The van der Waals surface area contributed by atoms with Gasteiger partial charge in [0, 0.05) is 16.9 Å². The van der Waals surface area contributed by atoms with Crippen LogP contribution in [0.15, 0.2) is 30.0 Å². The van der Waals surface area contributed by atoms with Crippen molar-refractivity contribution < 1.29 is 0 Å². The van der Waals surface area contributed by atoms with Crippen molar-refractivity contribution >= 4 is 17.3 Å². The molecule has 1 rings (SSSR count). The molecular weight excluding hydrogens is 210 g/mol. The van der Waals surface area contributed by atoms with Gasteiger partial charge in [0.1, 0.15) is 17.7 Å². The van der Waals surface area contributed by atoms with Gasteiger partial charge >= 0.3 is 0 Å². The SMILES string of the molecule is Cc1cc(NC=C(C#N)C#N)ccc1Cl. The fourth-order valence-electron chi connectivity index (χ4n) is 0.980. The third kappa shape index (κ3) is 3.02. The maximum absolute atomic E-state index is 8.50. The van der Waals surface area contributed by atoms with Crippen LogP contribution >= 0.6 is 11.6 Å². The minimum Gasteiger partial charge on any atom is -0.360 e. The van der Waals surface area contributed by atoms with Crippen molar-refractivity contribution in [3.8, 4) is 12.1 Å². The number of nitrogens with one attached hydrogen (secondary N) is 1. The first kappa shape index (κ1) is 11.1. The summed E-state index contributed by atoms with van der Waals surface area (Å²) < 4.78 is 0. The molecule has 1 aromatic carbocycles. The molecule has 0 fully saturated rings. The zero-order valence-electron chi connectivity index (χ0n) is 8.08. The van der Waals surface area contributed by atoms with Crippen molar-refractivity contribution in [2.24, 2.45) is 0 Å². The summed E-state index contributed by atoms with van der Waals surface area (Å²) in [6.45, 7) is 1.88. The minimum atomic E-state index is 0.0302. The second-order valence-corrected chi connectivity index (χ2v) is 3.30. The Bertz CT molecular complexity index is 462. The average Bonchev–Trinajstić information content (AvgIpc) is 2.24. The van der Waals surface area contributed by atoms with Gasteiger partial charge in [-0.3, -0.25) is 0 Å². The number of benzene rings is 1. The molecule has 0 radical (unpaired) electrons. The number of anilines is 1. The predicted octanol–water partition coefficient (Wildman–Crippen LogP) is 2.99. The third-order valence-corrected chi connectivity index (χ3v) is 2.21. The molecule has 1 aromatic rings. The van der Waals surface area contributed by atoms with E-state index in [1.807, 2.05) is 13.0 Å². The maximum atomic E-state index is 8.50. The molecule has 0 heterocycles. The van der Waals surface area contributed by atoms with E-state index in [2.05, 4.69) is 5.32 Å². The number of hydrogen-bond acceptors (Lipinski definition) is 3. The first-order valence-corrected chi connectivity index (χ1v) is 4.58. The molecule has 0 atom stereocenters. The molecule has 1 N–H and O–H groups in total. The fraction of sp³-hybridized carbons (Fsp3) is 0.0909. The largest absolute Gasteiger partial charge is 0.360 e. The summed E-state index contributed by atoms with van der Waals surface area (Å²) >= 11 is 5.85. The Morgan fingerprint density at radius 1 is 1.40 bits per heavy atom. The van der Waals surface area contributed by atoms with Crippen molar-refractivity contribution in [2.75, 3.05) is 5.32 Å². The van der Waals surface area contributed by atoms with Gasteiger partial charge < -0.3 is 5.32 Å². The number of allylic oxidation sites excluding steroid dienone is 1. The first-order chi connectivity index (χ1) is 7.17. The summed E-state index contributed by atoms with van der Waals surface area (Å²) in [5.74, 6) is 0. The molecule has 0 spiro atoms. The zero-order chi connectivity index (χ0) is 11.3. The average molecular weight is 218 g/mol. The lowest BCUT2D eigenvalue weighted by Gasteiger charge is -2.03. The molecule has 0 unspecified atom stereocenters. The standard InChI is InChI=1S/C11H8ClN3/c1-8-4-10(2-3-11(8)12)15-7-9(5-13)6-14/h2-4,7,15H,1H3. The summed E-state index contributed by atoms with van der Waals surface area (Å²) in [6.07, 6.45) is 1.36. The van der Waals surface area contributed by atoms with Crippen molar-refractivity contribution in [1.82, 2.24) is 0 Å². The molecule has 0 bridgehead atoms. The molecule has 0 aromatic heterocycles. The van der Waals surface area contributed by atoms with Crippen molar-refractivity contribution in [2.45, 2.75) is 6.92 Å². The van der Waals surface area contributed by atoms with Crippen LogP contribution in [-0.4, -0.2) is 0 Å². The van der Waals surface area contributed by atoms with Gasteiger partial charge in [-0.25, -0.2) is 0 Å². The van der Waals surface area contributed by atoms with E-state index in [9.17, 15) is 0 Å². The molecule has 0 saturated heterocycles. The molecule has 15 heavy (non-hydrogen) atoms. The topological polar surface area (TPSA) is 59.6 Å². The van der Waals surface area contributed by atoms with Crippen LogP contribution < -0.4 is 5.32 Å². The van der Waals surface area contributed by atoms with Crippen LogP contribution in [0.3, 0.4) is 0 Å². The third-order valence-electron chi connectivity index (χ3n) is 1.78. The van der Waals surface area contributed by atoms with E-state index in [1.165, 1.54) is 6.20 Å². The van der Waals surface area contributed by atoms with Crippen LogP contribution in [0.2, 0.25) is 5.02 Å². The highest BCUT2D eigenvalue weighted by Gasteiger charge is 1.96. The predicted molar refractivity (Wildman–Crippen MR) is 59.1 cm³/mol. The van der Waals surface area contributed by atoms with Crippen LogP contribution in [0.1, 0.15) is 5.56 Å². The van der Waals surface area contributed by atoms with E-state index in [1.54, 1.807) is 24.3 Å². The lowest BCUT2D eigenvalue weighted by atomic mass is 10.2. The number of hydrogen-bond donors (Lipinski definition) is 1. The molecule has 0 aliphatic rings. The van der Waals surface area contributed by atoms with Crippen molar-refractivity contribution in [3.63, 3.8) is 0 Å². The summed E-state index contributed by atoms with van der Waals surface area (Å²) in [6, 6.07) is 8.89. The lowest BCUT2D eigenvalue weighted by Crippen LogP contribution is -1.90. The van der Waals surface area contributed by atoms with Gasteiger partial charge in [-0.05, 0) is 30.7 Å². The normalized spacial score (nSPS) is 8.53. The summed E-state index contributed by atoms with van der Waals surface area (Å²) in [7, 11) is 0. The van der Waals surface area contributed by atoms with Gasteiger partial charge in [-0.2, -0.15) is 10.5 Å². The zero-order valence-corrected chi connectivity index (χ0v) is 8.84. The number of nitriles is 2. The van der Waals surface area contributed by atoms with E-state index in [-0.39, 0.29) is 5.57 Å². The van der Waals surface area contributed by atoms with Crippen molar-refractivity contribution in [3.05, 3.63) is 40.6 Å². The fourth-order valence-corrected chi connectivity index (χ4v) is 1.10. The second kappa shape index (κ2) is 5.05. The van der Waals surface area contributed by atoms with Gasteiger partial charge in [0.15, 0.2) is 0 Å².